The summed E-state index contributed by atoms with van der Waals surface area (Å²) in [5.74, 6) is 1.58. The quantitative estimate of drug-likeness (QED) is 0.672. The third-order valence-electron chi connectivity index (χ3n) is 3.03. The summed E-state index contributed by atoms with van der Waals surface area (Å²) in [7, 11) is 0. The lowest BCUT2D eigenvalue weighted by Gasteiger charge is -2.14. The number of nitrogens with one attached hydrogen (secondary N) is 1. The van der Waals surface area contributed by atoms with E-state index < -0.39 is 0 Å². The minimum absolute atomic E-state index is 0.208. The van der Waals surface area contributed by atoms with Gasteiger partial charge in [0.2, 0.25) is 5.91 Å². The van der Waals surface area contributed by atoms with Crippen LogP contribution in [-0.2, 0) is 4.79 Å². The van der Waals surface area contributed by atoms with Crippen molar-refractivity contribution in [2.75, 3.05) is 13.1 Å². The SMILES string of the molecule is CC(CCN)CNC(=O)C(C)C1CC1. The average Bonchev–Trinajstić information content (AvgIpc) is 2.96. The Kier molecular flexibility index (Phi) is 4.39. The summed E-state index contributed by atoms with van der Waals surface area (Å²) in [5.41, 5.74) is 5.44. The van der Waals surface area contributed by atoms with Crippen LogP contribution in [0.5, 0.6) is 0 Å². The van der Waals surface area contributed by atoms with E-state index in [0.717, 1.165) is 13.0 Å². The molecule has 0 aromatic rings. The molecular weight excluding hydrogens is 176 g/mol. The number of hydrogen-bond donors (Lipinski definition) is 2. The summed E-state index contributed by atoms with van der Waals surface area (Å²) in [6.45, 7) is 5.62. The number of carbonyl (C=O) groups is 1. The Morgan fingerprint density at radius 2 is 2.14 bits per heavy atom. The normalized spacial score (nSPS) is 20.2. The van der Waals surface area contributed by atoms with Gasteiger partial charge >= 0.3 is 0 Å². The first-order valence-electron chi connectivity index (χ1n) is 5.63. The molecule has 1 saturated carbocycles. The molecule has 1 fully saturated rings. The third kappa shape index (κ3) is 3.66. The Hall–Kier alpha value is -0.570. The summed E-state index contributed by atoms with van der Waals surface area (Å²) in [6.07, 6.45) is 3.44. The monoisotopic (exact) mass is 198 g/mol. The van der Waals surface area contributed by atoms with Gasteiger partial charge in [-0.2, -0.15) is 0 Å². The molecular formula is C11H22N2O. The second-order valence-electron chi connectivity index (χ2n) is 4.55. The lowest BCUT2D eigenvalue weighted by Crippen LogP contribution is -2.34. The first-order valence-corrected chi connectivity index (χ1v) is 5.63. The van der Waals surface area contributed by atoms with E-state index in [9.17, 15) is 4.79 Å². The number of carbonyl (C=O) groups excluding carboxylic acids is 1. The van der Waals surface area contributed by atoms with E-state index in [1.54, 1.807) is 0 Å². The van der Waals surface area contributed by atoms with Gasteiger partial charge in [-0.1, -0.05) is 13.8 Å². The zero-order valence-corrected chi connectivity index (χ0v) is 9.25. The second-order valence-corrected chi connectivity index (χ2v) is 4.55. The van der Waals surface area contributed by atoms with E-state index in [-0.39, 0.29) is 11.8 Å². The summed E-state index contributed by atoms with van der Waals surface area (Å²) in [5, 5.41) is 2.99. The fourth-order valence-corrected chi connectivity index (χ4v) is 1.63. The number of rotatable bonds is 6. The van der Waals surface area contributed by atoms with Gasteiger partial charge in [-0.25, -0.2) is 0 Å². The van der Waals surface area contributed by atoms with Gasteiger partial charge in [0.15, 0.2) is 0 Å². The van der Waals surface area contributed by atoms with Crippen molar-refractivity contribution < 1.29 is 4.79 Å². The van der Waals surface area contributed by atoms with E-state index in [2.05, 4.69) is 12.2 Å². The maximum Gasteiger partial charge on any atom is 0.223 e. The van der Waals surface area contributed by atoms with Gasteiger partial charge in [0, 0.05) is 12.5 Å². The van der Waals surface area contributed by atoms with Crippen LogP contribution in [0.1, 0.15) is 33.1 Å². The van der Waals surface area contributed by atoms with Crippen molar-refractivity contribution in [3.63, 3.8) is 0 Å². The van der Waals surface area contributed by atoms with Crippen molar-refractivity contribution in [1.29, 1.82) is 0 Å². The molecule has 0 aliphatic heterocycles. The minimum atomic E-state index is 0.208. The average molecular weight is 198 g/mol. The number of amides is 1. The molecule has 1 aliphatic carbocycles. The Labute approximate surface area is 86.4 Å². The van der Waals surface area contributed by atoms with E-state index in [0.29, 0.717) is 18.4 Å². The molecule has 0 spiro atoms. The Morgan fingerprint density at radius 1 is 1.50 bits per heavy atom. The van der Waals surface area contributed by atoms with Crippen LogP contribution in [0.15, 0.2) is 0 Å². The molecule has 1 rings (SSSR count). The molecule has 1 aliphatic rings. The number of nitrogens with two attached hydrogens (primary N) is 1. The smallest absolute Gasteiger partial charge is 0.223 e. The van der Waals surface area contributed by atoms with Crippen molar-refractivity contribution in [1.82, 2.24) is 5.32 Å². The van der Waals surface area contributed by atoms with Crippen molar-refractivity contribution in [2.24, 2.45) is 23.5 Å². The van der Waals surface area contributed by atoms with Gasteiger partial charge in [-0.15, -0.1) is 0 Å². The molecule has 82 valence electrons. The third-order valence-corrected chi connectivity index (χ3v) is 3.03. The van der Waals surface area contributed by atoms with Crippen LogP contribution in [0.3, 0.4) is 0 Å². The molecule has 0 aromatic heterocycles. The standard InChI is InChI=1S/C11H22N2O/c1-8(5-6-12)7-13-11(14)9(2)10-3-4-10/h8-10H,3-7,12H2,1-2H3,(H,13,14). The van der Waals surface area contributed by atoms with Crippen molar-refractivity contribution >= 4 is 5.91 Å². The lowest BCUT2D eigenvalue weighted by molar-refractivity contribution is -0.125. The molecule has 3 nitrogen and oxygen atoms in total. The van der Waals surface area contributed by atoms with Crippen LogP contribution in [0.2, 0.25) is 0 Å². The van der Waals surface area contributed by atoms with E-state index >= 15 is 0 Å². The zero-order chi connectivity index (χ0) is 10.6. The van der Waals surface area contributed by atoms with Crippen molar-refractivity contribution in [2.45, 2.75) is 33.1 Å². The highest BCUT2D eigenvalue weighted by atomic mass is 16.1. The first kappa shape index (κ1) is 11.5. The molecule has 2 atom stereocenters. The van der Waals surface area contributed by atoms with Crippen LogP contribution in [0.25, 0.3) is 0 Å². The van der Waals surface area contributed by atoms with Crippen LogP contribution >= 0.6 is 0 Å². The van der Waals surface area contributed by atoms with Gasteiger partial charge < -0.3 is 11.1 Å². The maximum absolute atomic E-state index is 11.6. The molecule has 0 heterocycles. The van der Waals surface area contributed by atoms with Gasteiger partial charge in [0.25, 0.3) is 0 Å². The van der Waals surface area contributed by atoms with Crippen LogP contribution < -0.4 is 11.1 Å². The van der Waals surface area contributed by atoms with E-state index in [4.69, 9.17) is 5.73 Å². The zero-order valence-electron chi connectivity index (χ0n) is 9.25. The number of hydrogen-bond acceptors (Lipinski definition) is 2. The highest BCUT2D eigenvalue weighted by Crippen LogP contribution is 2.36. The molecule has 3 N–H and O–H groups in total. The van der Waals surface area contributed by atoms with Gasteiger partial charge in [0.05, 0.1) is 0 Å². The van der Waals surface area contributed by atoms with Crippen molar-refractivity contribution in [3.8, 4) is 0 Å². The van der Waals surface area contributed by atoms with Crippen LogP contribution in [-0.4, -0.2) is 19.0 Å². The van der Waals surface area contributed by atoms with E-state index in [1.807, 2.05) is 6.92 Å². The molecule has 0 aromatic carbocycles. The van der Waals surface area contributed by atoms with E-state index in [1.165, 1.54) is 12.8 Å². The lowest BCUT2D eigenvalue weighted by atomic mass is 10.0. The van der Waals surface area contributed by atoms with Gasteiger partial charge in [-0.05, 0) is 37.6 Å². The predicted molar refractivity (Wildman–Crippen MR) is 57.7 cm³/mol. The Morgan fingerprint density at radius 3 is 2.64 bits per heavy atom. The highest BCUT2D eigenvalue weighted by Gasteiger charge is 2.32. The van der Waals surface area contributed by atoms with Gasteiger partial charge in [-0.3, -0.25) is 4.79 Å². The molecule has 1 amide bonds. The minimum Gasteiger partial charge on any atom is -0.356 e. The molecule has 0 bridgehead atoms. The first-order chi connectivity index (χ1) is 6.65. The fourth-order valence-electron chi connectivity index (χ4n) is 1.63. The summed E-state index contributed by atoms with van der Waals surface area (Å²) in [4.78, 5) is 11.6. The summed E-state index contributed by atoms with van der Waals surface area (Å²) < 4.78 is 0. The predicted octanol–water partition coefficient (Wildman–Crippen LogP) is 1.13. The van der Waals surface area contributed by atoms with Gasteiger partial charge in [0.1, 0.15) is 0 Å². The van der Waals surface area contributed by atoms with Crippen LogP contribution in [0, 0.1) is 17.8 Å². The fraction of sp³-hybridized carbons (Fsp3) is 0.909. The second kappa shape index (κ2) is 5.35. The summed E-state index contributed by atoms with van der Waals surface area (Å²) in [6, 6.07) is 0. The highest BCUT2D eigenvalue weighted by molar-refractivity contribution is 5.78. The molecule has 14 heavy (non-hydrogen) atoms. The molecule has 2 unspecified atom stereocenters. The topological polar surface area (TPSA) is 55.1 Å². The Balaban J connectivity index is 2.13. The van der Waals surface area contributed by atoms with Crippen molar-refractivity contribution in [3.05, 3.63) is 0 Å². The van der Waals surface area contributed by atoms with Crippen LogP contribution in [0.4, 0.5) is 0 Å². The Bertz CT molecular complexity index is 190. The molecule has 0 radical (unpaired) electrons. The summed E-state index contributed by atoms with van der Waals surface area (Å²) >= 11 is 0. The molecule has 3 heteroatoms. The largest absolute Gasteiger partial charge is 0.356 e. The molecule has 0 saturated heterocycles. The maximum atomic E-state index is 11.6.